The predicted molar refractivity (Wildman–Crippen MR) is 115 cm³/mol. The van der Waals surface area contributed by atoms with Gasteiger partial charge in [-0.25, -0.2) is 0 Å². The van der Waals surface area contributed by atoms with E-state index in [1.165, 1.54) is 16.7 Å². The molecule has 3 aromatic carbocycles. The second-order valence-corrected chi connectivity index (χ2v) is 8.21. The molecule has 0 unspecified atom stereocenters. The van der Waals surface area contributed by atoms with Gasteiger partial charge in [0.25, 0.3) is 0 Å². The molecule has 0 bridgehead atoms. The van der Waals surface area contributed by atoms with E-state index in [4.69, 9.17) is 0 Å². The van der Waals surface area contributed by atoms with E-state index in [0.717, 1.165) is 6.42 Å². The van der Waals surface area contributed by atoms with Crippen LogP contribution in [0.25, 0.3) is 0 Å². The van der Waals surface area contributed by atoms with Crippen LogP contribution in [0.1, 0.15) is 42.1 Å². The molecule has 1 aliphatic heterocycles. The Kier molecular flexibility index (Phi) is 5.34. The van der Waals surface area contributed by atoms with Crippen LogP contribution in [-0.4, -0.2) is 22.7 Å². The van der Waals surface area contributed by atoms with E-state index in [1.54, 1.807) is 0 Å². The minimum absolute atomic E-state index is 0.111. The predicted octanol–water partition coefficient (Wildman–Crippen LogP) is 5.41. The molecule has 0 aromatic heterocycles. The number of piperidine rings is 1. The third kappa shape index (κ3) is 3.63. The number of rotatable bonds is 4. The molecule has 1 fully saturated rings. The summed E-state index contributed by atoms with van der Waals surface area (Å²) in [5.74, 6) is 0.111. The van der Waals surface area contributed by atoms with Crippen LogP contribution in [0.3, 0.4) is 0 Å². The van der Waals surface area contributed by atoms with Gasteiger partial charge in [-0.05, 0) is 30.2 Å². The van der Waals surface area contributed by atoms with E-state index in [1.807, 2.05) is 6.07 Å². The molecule has 0 spiro atoms. The molecule has 1 saturated heterocycles. The molecule has 0 radical (unpaired) electrons. The van der Waals surface area contributed by atoms with Gasteiger partial charge in [0.1, 0.15) is 0 Å². The average Bonchev–Trinajstić information content (AvgIpc) is 2.73. The molecule has 0 amide bonds. The Bertz CT molecular complexity index is 880. The Morgan fingerprint density at radius 1 is 0.821 bits per heavy atom. The summed E-state index contributed by atoms with van der Waals surface area (Å²) < 4.78 is 0. The molecule has 1 N–H and O–H groups in total. The van der Waals surface area contributed by atoms with Crippen LogP contribution in [0.2, 0.25) is 0 Å². The molecular formula is C26H29NO. The number of hydrogen-bond donors (Lipinski definition) is 1. The first kappa shape index (κ1) is 18.9. The Hall–Kier alpha value is -2.42. The summed E-state index contributed by atoms with van der Waals surface area (Å²) in [4.78, 5) is 2.45. The summed E-state index contributed by atoms with van der Waals surface area (Å²) in [6.45, 7) is 2.21. The monoisotopic (exact) mass is 371 g/mol. The minimum Gasteiger partial charge on any atom is -0.389 e. The maximum atomic E-state index is 11.9. The van der Waals surface area contributed by atoms with Crippen LogP contribution in [0.5, 0.6) is 0 Å². The van der Waals surface area contributed by atoms with Crippen molar-refractivity contribution in [2.45, 2.75) is 37.5 Å². The summed E-state index contributed by atoms with van der Waals surface area (Å²) in [5.41, 5.74) is 2.96. The van der Waals surface area contributed by atoms with Crippen molar-refractivity contribution in [1.29, 1.82) is 0 Å². The molecule has 3 aromatic rings. The van der Waals surface area contributed by atoms with E-state index in [-0.39, 0.29) is 18.0 Å². The van der Waals surface area contributed by atoms with Crippen LogP contribution in [0.15, 0.2) is 91.0 Å². The zero-order valence-corrected chi connectivity index (χ0v) is 16.7. The molecular weight excluding hydrogens is 342 g/mol. The molecule has 0 aliphatic carbocycles. The van der Waals surface area contributed by atoms with Gasteiger partial charge >= 0.3 is 0 Å². The topological polar surface area (TPSA) is 23.5 Å². The van der Waals surface area contributed by atoms with E-state index in [9.17, 15) is 5.11 Å². The van der Waals surface area contributed by atoms with Crippen LogP contribution < -0.4 is 0 Å². The molecule has 144 valence electrons. The maximum absolute atomic E-state index is 11.9. The average molecular weight is 372 g/mol. The van der Waals surface area contributed by atoms with Crippen molar-refractivity contribution in [2.24, 2.45) is 5.92 Å². The number of hydrogen-bond acceptors (Lipinski definition) is 2. The van der Waals surface area contributed by atoms with E-state index < -0.39 is 5.60 Å². The summed E-state index contributed by atoms with van der Waals surface area (Å²) in [6, 6.07) is 32.0. The fourth-order valence-corrected chi connectivity index (χ4v) is 4.89. The van der Waals surface area contributed by atoms with Crippen LogP contribution in [0.4, 0.5) is 0 Å². The lowest BCUT2D eigenvalue weighted by atomic mass is 9.68. The van der Waals surface area contributed by atoms with Gasteiger partial charge in [0.05, 0.1) is 5.60 Å². The molecule has 2 heteroatoms. The quantitative estimate of drug-likeness (QED) is 0.662. The van der Waals surface area contributed by atoms with Crippen molar-refractivity contribution in [3.8, 4) is 0 Å². The summed E-state index contributed by atoms with van der Waals surface area (Å²) >= 11 is 0. The number of benzene rings is 3. The zero-order chi connectivity index (χ0) is 19.6. The summed E-state index contributed by atoms with van der Waals surface area (Å²) in [5, 5.41) is 11.9. The molecule has 1 aliphatic rings. The minimum atomic E-state index is -0.769. The fourth-order valence-electron chi connectivity index (χ4n) is 4.89. The standard InChI is InChI=1S/C26H29NO/c1-20-25(23-16-10-5-11-17-23)27(2)24(22-14-8-4-9-15-22)19-26(20,28)18-21-12-6-3-7-13-21/h3-17,20,24-25,28H,18-19H2,1-2H3/t20-,24-,25-,26+/m1/s1. The van der Waals surface area contributed by atoms with Crippen LogP contribution >= 0.6 is 0 Å². The zero-order valence-electron chi connectivity index (χ0n) is 16.7. The normalized spacial score (nSPS) is 28.2. The summed E-state index contributed by atoms with van der Waals surface area (Å²) in [7, 11) is 2.20. The Morgan fingerprint density at radius 2 is 1.32 bits per heavy atom. The van der Waals surface area contributed by atoms with Gasteiger partial charge in [-0.15, -0.1) is 0 Å². The van der Waals surface area contributed by atoms with Gasteiger partial charge in [-0.3, -0.25) is 4.90 Å². The third-order valence-electron chi connectivity index (χ3n) is 6.48. The highest BCUT2D eigenvalue weighted by Crippen LogP contribution is 2.49. The van der Waals surface area contributed by atoms with Gasteiger partial charge < -0.3 is 5.11 Å². The Morgan fingerprint density at radius 3 is 1.89 bits per heavy atom. The van der Waals surface area contributed by atoms with E-state index >= 15 is 0 Å². The third-order valence-corrected chi connectivity index (χ3v) is 6.48. The first-order valence-corrected chi connectivity index (χ1v) is 10.2. The number of nitrogens with zero attached hydrogens (tertiary/aromatic N) is 1. The molecule has 2 nitrogen and oxygen atoms in total. The fraction of sp³-hybridized carbons (Fsp3) is 0.308. The molecule has 4 atom stereocenters. The lowest BCUT2D eigenvalue weighted by molar-refractivity contribution is -0.113. The van der Waals surface area contributed by atoms with Gasteiger partial charge in [0.15, 0.2) is 0 Å². The number of likely N-dealkylation sites (tertiary alicyclic amines) is 1. The lowest BCUT2D eigenvalue weighted by Gasteiger charge is -2.52. The first-order valence-electron chi connectivity index (χ1n) is 10.2. The van der Waals surface area contributed by atoms with Crippen molar-refractivity contribution in [1.82, 2.24) is 4.90 Å². The Balaban J connectivity index is 1.75. The van der Waals surface area contributed by atoms with Crippen LogP contribution in [0, 0.1) is 5.92 Å². The van der Waals surface area contributed by atoms with Gasteiger partial charge in [0, 0.05) is 24.4 Å². The second kappa shape index (κ2) is 7.90. The SMILES string of the molecule is C[C@@H]1[C@H](c2ccccc2)N(C)[C@@H](c2ccccc2)C[C@@]1(O)Cc1ccccc1. The van der Waals surface area contributed by atoms with E-state index in [0.29, 0.717) is 6.42 Å². The summed E-state index contributed by atoms with van der Waals surface area (Å²) in [6.07, 6.45) is 1.41. The lowest BCUT2D eigenvalue weighted by Crippen LogP contribution is -2.53. The second-order valence-electron chi connectivity index (χ2n) is 8.21. The van der Waals surface area contributed by atoms with Crippen molar-refractivity contribution in [3.05, 3.63) is 108 Å². The highest BCUT2D eigenvalue weighted by Gasteiger charge is 2.48. The highest BCUT2D eigenvalue weighted by molar-refractivity contribution is 5.28. The maximum Gasteiger partial charge on any atom is 0.0749 e. The van der Waals surface area contributed by atoms with Gasteiger partial charge in [0.2, 0.25) is 0 Å². The van der Waals surface area contributed by atoms with Gasteiger partial charge in [-0.2, -0.15) is 0 Å². The van der Waals surface area contributed by atoms with Crippen molar-refractivity contribution < 1.29 is 5.11 Å². The van der Waals surface area contributed by atoms with Crippen LogP contribution in [-0.2, 0) is 6.42 Å². The number of aliphatic hydroxyl groups is 1. The van der Waals surface area contributed by atoms with E-state index in [2.05, 4.69) is 104 Å². The smallest absolute Gasteiger partial charge is 0.0749 e. The molecule has 1 heterocycles. The largest absolute Gasteiger partial charge is 0.389 e. The van der Waals surface area contributed by atoms with Crippen molar-refractivity contribution in [2.75, 3.05) is 7.05 Å². The van der Waals surface area contributed by atoms with Crippen molar-refractivity contribution in [3.63, 3.8) is 0 Å². The molecule has 28 heavy (non-hydrogen) atoms. The van der Waals surface area contributed by atoms with Crippen molar-refractivity contribution >= 4 is 0 Å². The molecule has 4 rings (SSSR count). The Labute approximate surface area is 168 Å². The highest BCUT2D eigenvalue weighted by atomic mass is 16.3. The first-order chi connectivity index (χ1) is 13.6. The molecule has 0 saturated carbocycles. The van der Waals surface area contributed by atoms with Gasteiger partial charge in [-0.1, -0.05) is 97.9 Å².